The fraction of sp³-hybridized carbons (Fsp3) is 0.316. The maximum atomic E-state index is 13.2. The molecule has 4 nitrogen and oxygen atoms in total. The van der Waals surface area contributed by atoms with Gasteiger partial charge in [0.1, 0.15) is 18.2 Å². The van der Waals surface area contributed by atoms with E-state index in [1.54, 1.807) is 30.3 Å². The van der Waals surface area contributed by atoms with Crippen molar-refractivity contribution >= 4 is 24.0 Å². The molecule has 2 aromatic carbocycles. The Balaban J connectivity index is 0.00000312. The van der Waals surface area contributed by atoms with Crippen molar-refractivity contribution < 1.29 is 13.9 Å². The number of amides is 1. The SMILES string of the molecule is CC(CC(=O)Nc1ccc(OCCN)cc1)Cc1cccc(F)c1.Cl. The molecular weight excluding hydrogens is 343 g/mol. The van der Waals surface area contributed by atoms with Gasteiger partial charge in [-0.25, -0.2) is 4.39 Å². The Morgan fingerprint density at radius 1 is 1.24 bits per heavy atom. The van der Waals surface area contributed by atoms with Crippen LogP contribution in [0, 0.1) is 11.7 Å². The van der Waals surface area contributed by atoms with E-state index < -0.39 is 0 Å². The van der Waals surface area contributed by atoms with Crippen LogP contribution in [0.1, 0.15) is 18.9 Å². The van der Waals surface area contributed by atoms with E-state index in [2.05, 4.69) is 5.32 Å². The molecule has 0 bridgehead atoms. The van der Waals surface area contributed by atoms with E-state index >= 15 is 0 Å². The van der Waals surface area contributed by atoms with E-state index in [9.17, 15) is 9.18 Å². The van der Waals surface area contributed by atoms with Crippen LogP contribution in [0.5, 0.6) is 5.75 Å². The highest BCUT2D eigenvalue weighted by atomic mass is 35.5. The highest BCUT2D eigenvalue weighted by molar-refractivity contribution is 5.90. The van der Waals surface area contributed by atoms with Crippen molar-refractivity contribution in [1.82, 2.24) is 0 Å². The zero-order valence-electron chi connectivity index (χ0n) is 14.2. The molecule has 0 aliphatic heterocycles. The maximum absolute atomic E-state index is 13.2. The highest BCUT2D eigenvalue weighted by Gasteiger charge is 2.11. The molecule has 0 fully saturated rings. The lowest BCUT2D eigenvalue weighted by atomic mass is 9.97. The average Bonchev–Trinajstić information content (AvgIpc) is 2.54. The molecule has 25 heavy (non-hydrogen) atoms. The Morgan fingerprint density at radius 2 is 1.96 bits per heavy atom. The smallest absolute Gasteiger partial charge is 0.224 e. The Labute approximate surface area is 154 Å². The minimum atomic E-state index is -0.249. The van der Waals surface area contributed by atoms with E-state index in [1.807, 2.05) is 13.0 Å². The van der Waals surface area contributed by atoms with E-state index in [0.29, 0.717) is 26.0 Å². The van der Waals surface area contributed by atoms with Crippen LogP contribution in [0.2, 0.25) is 0 Å². The van der Waals surface area contributed by atoms with Gasteiger partial charge in [-0.2, -0.15) is 0 Å². The number of halogens is 2. The van der Waals surface area contributed by atoms with Gasteiger partial charge in [-0.3, -0.25) is 4.79 Å². The molecule has 0 aliphatic rings. The highest BCUT2D eigenvalue weighted by Crippen LogP contribution is 2.17. The summed E-state index contributed by atoms with van der Waals surface area (Å²) < 4.78 is 18.6. The van der Waals surface area contributed by atoms with Crippen LogP contribution in [0.25, 0.3) is 0 Å². The third kappa shape index (κ3) is 7.54. The van der Waals surface area contributed by atoms with Gasteiger partial charge in [0.15, 0.2) is 0 Å². The minimum Gasteiger partial charge on any atom is -0.492 e. The number of benzene rings is 2. The van der Waals surface area contributed by atoms with Gasteiger partial charge in [-0.05, 0) is 54.3 Å². The first-order valence-corrected chi connectivity index (χ1v) is 8.04. The van der Waals surface area contributed by atoms with Crippen molar-refractivity contribution in [2.75, 3.05) is 18.5 Å². The number of anilines is 1. The third-order valence-electron chi connectivity index (χ3n) is 3.53. The topological polar surface area (TPSA) is 64.3 Å². The van der Waals surface area contributed by atoms with Crippen molar-refractivity contribution in [2.45, 2.75) is 19.8 Å². The molecule has 0 heterocycles. The summed E-state index contributed by atoms with van der Waals surface area (Å²) in [5, 5.41) is 2.86. The lowest BCUT2D eigenvalue weighted by molar-refractivity contribution is -0.116. The summed E-state index contributed by atoms with van der Waals surface area (Å²) in [5.41, 5.74) is 7.00. The molecule has 3 N–H and O–H groups in total. The van der Waals surface area contributed by atoms with Crippen LogP contribution >= 0.6 is 12.4 Å². The molecule has 1 amide bonds. The second-order valence-electron chi connectivity index (χ2n) is 5.85. The van der Waals surface area contributed by atoms with Crippen molar-refractivity contribution in [3.05, 3.63) is 59.9 Å². The Morgan fingerprint density at radius 3 is 2.60 bits per heavy atom. The molecule has 0 radical (unpaired) electrons. The monoisotopic (exact) mass is 366 g/mol. The molecule has 0 aromatic heterocycles. The second kappa shape index (κ2) is 10.7. The number of hydrogen-bond donors (Lipinski definition) is 2. The van der Waals surface area contributed by atoms with Gasteiger partial charge in [0.25, 0.3) is 0 Å². The second-order valence-corrected chi connectivity index (χ2v) is 5.85. The predicted molar refractivity (Wildman–Crippen MR) is 101 cm³/mol. The first kappa shape index (κ1) is 20.9. The maximum Gasteiger partial charge on any atom is 0.224 e. The van der Waals surface area contributed by atoms with Crippen molar-refractivity contribution in [3.63, 3.8) is 0 Å². The van der Waals surface area contributed by atoms with E-state index in [-0.39, 0.29) is 30.0 Å². The number of nitrogens with two attached hydrogens (primary N) is 1. The third-order valence-corrected chi connectivity index (χ3v) is 3.53. The van der Waals surface area contributed by atoms with Crippen LogP contribution in [-0.2, 0) is 11.2 Å². The molecule has 6 heteroatoms. The van der Waals surface area contributed by atoms with Crippen LogP contribution < -0.4 is 15.8 Å². The van der Waals surface area contributed by atoms with Gasteiger partial charge in [-0.1, -0.05) is 19.1 Å². The summed E-state index contributed by atoms with van der Waals surface area (Å²) in [6, 6.07) is 13.7. The number of rotatable bonds is 8. The molecule has 0 saturated heterocycles. The molecule has 2 rings (SSSR count). The van der Waals surface area contributed by atoms with Crippen LogP contribution in [-0.4, -0.2) is 19.1 Å². The number of carbonyl (C=O) groups is 1. The molecule has 0 aliphatic carbocycles. The minimum absolute atomic E-state index is 0. The Kier molecular flexibility index (Phi) is 8.95. The van der Waals surface area contributed by atoms with Gasteiger partial charge in [-0.15, -0.1) is 12.4 Å². The number of nitrogens with one attached hydrogen (secondary N) is 1. The number of ether oxygens (including phenoxy) is 1. The lowest BCUT2D eigenvalue weighted by Gasteiger charge is -2.12. The first-order chi connectivity index (χ1) is 11.6. The summed E-state index contributed by atoms with van der Waals surface area (Å²) in [4.78, 5) is 12.1. The zero-order chi connectivity index (χ0) is 17.4. The van der Waals surface area contributed by atoms with E-state index in [0.717, 1.165) is 17.0 Å². The van der Waals surface area contributed by atoms with Crippen LogP contribution in [0.3, 0.4) is 0 Å². The number of carbonyl (C=O) groups excluding carboxylic acids is 1. The van der Waals surface area contributed by atoms with Crippen LogP contribution in [0.4, 0.5) is 10.1 Å². The normalized spacial score (nSPS) is 11.3. The summed E-state index contributed by atoms with van der Waals surface area (Å²) >= 11 is 0. The fourth-order valence-corrected chi connectivity index (χ4v) is 2.48. The predicted octanol–water partition coefficient (Wildman–Crippen LogP) is 3.79. The standard InChI is InChI=1S/C19H23FN2O2.ClH/c1-14(11-15-3-2-4-16(20)13-15)12-19(23)22-17-5-7-18(8-6-17)24-10-9-21;/h2-8,13-14H,9-12,21H2,1H3,(H,22,23);1H. The van der Waals surface area contributed by atoms with Crippen molar-refractivity contribution in [1.29, 1.82) is 0 Å². The molecule has 0 spiro atoms. The van der Waals surface area contributed by atoms with E-state index in [4.69, 9.17) is 10.5 Å². The first-order valence-electron chi connectivity index (χ1n) is 8.04. The van der Waals surface area contributed by atoms with Crippen molar-refractivity contribution in [3.8, 4) is 5.75 Å². The summed E-state index contributed by atoms with van der Waals surface area (Å²) in [6.07, 6.45) is 1.04. The van der Waals surface area contributed by atoms with Gasteiger partial charge < -0.3 is 15.8 Å². The molecular formula is C19H24ClFN2O2. The Hall–Kier alpha value is -2.11. The zero-order valence-corrected chi connectivity index (χ0v) is 15.0. The van der Waals surface area contributed by atoms with Gasteiger partial charge >= 0.3 is 0 Å². The molecule has 2 aromatic rings. The fourth-order valence-electron chi connectivity index (χ4n) is 2.48. The molecule has 136 valence electrons. The molecule has 1 atom stereocenters. The Bertz CT molecular complexity index is 665. The number of hydrogen-bond acceptors (Lipinski definition) is 3. The largest absolute Gasteiger partial charge is 0.492 e. The van der Waals surface area contributed by atoms with E-state index in [1.165, 1.54) is 12.1 Å². The van der Waals surface area contributed by atoms with Crippen LogP contribution in [0.15, 0.2) is 48.5 Å². The van der Waals surface area contributed by atoms with Gasteiger partial charge in [0, 0.05) is 18.7 Å². The molecule has 1 unspecified atom stereocenters. The van der Waals surface area contributed by atoms with Crippen molar-refractivity contribution in [2.24, 2.45) is 11.7 Å². The summed E-state index contributed by atoms with van der Waals surface area (Å²) in [7, 11) is 0. The average molecular weight is 367 g/mol. The molecule has 0 saturated carbocycles. The van der Waals surface area contributed by atoms with Gasteiger partial charge in [0.05, 0.1) is 0 Å². The van der Waals surface area contributed by atoms with Gasteiger partial charge in [0.2, 0.25) is 5.91 Å². The summed E-state index contributed by atoms with van der Waals surface area (Å²) in [5.74, 6) is 0.535. The lowest BCUT2D eigenvalue weighted by Crippen LogP contribution is -2.16. The summed E-state index contributed by atoms with van der Waals surface area (Å²) in [6.45, 7) is 2.90. The quantitative estimate of drug-likeness (QED) is 0.747.